The Morgan fingerprint density at radius 3 is 2.50 bits per heavy atom. The first-order chi connectivity index (χ1) is 9.84. The first-order valence-electron chi connectivity index (χ1n) is 6.26. The standard InChI is InChI=1S/C15H10N4O/c20-15-16-12-9-5-4-8-11(12)14-18-17-13(19(14)15)10-6-2-1-3-7-10/h1-9H,(H,16,20). The van der Waals surface area contributed by atoms with Crippen LogP contribution in [0.15, 0.2) is 59.4 Å². The average Bonchev–Trinajstić information content (AvgIpc) is 2.94. The van der Waals surface area contributed by atoms with Crippen molar-refractivity contribution < 1.29 is 0 Å². The molecule has 0 spiro atoms. The number of fused-ring (bicyclic) bond motifs is 3. The van der Waals surface area contributed by atoms with Crippen LogP contribution in [-0.2, 0) is 0 Å². The zero-order valence-corrected chi connectivity index (χ0v) is 10.4. The van der Waals surface area contributed by atoms with Crippen molar-refractivity contribution in [2.24, 2.45) is 0 Å². The topological polar surface area (TPSA) is 63.0 Å². The fourth-order valence-corrected chi connectivity index (χ4v) is 2.38. The number of nitrogens with one attached hydrogen (secondary N) is 1. The molecule has 2 aromatic carbocycles. The summed E-state index contributed by atoms with van der Waals surface area (Å²) in [4.78, 5) is 15.1. The molecule has 0 fully saturated rings. The van der Waals surface area contributed by atoms with Gasteiger partial charge in [0.05, 0.1) is 5.52 Å². The first-order valence-corrected chi connectivity index (χ1v) is 6.26. The Labute approximate surface area is 113 Å². The van der Waals surface area contributed by atoms with Gasteiger partial charge in [-0.15, -0.1) is 10.2 Å². The minimum atomic E-state index is -0.234. The van der Waals surface area contributed by atoms with Crippen LogP contribution >= 0.6 is 0 Å². The summed E-state index contributed by atoms with van der Waals surface area (Å²) in [6.07, 6.45) is 0. The molecule has 2 aromatic heterocycles. The van der Waals surface area contributed by atoms with Crippen molar-refractivity contribution >= 4 is 16.6 Å². The van der Waals surface area contributed by atoms with Gasteiger partial charge in [0.25, 0.3) is 0 Å². The lowest BCUT2D eigenvalue weighted by atomic mass is 10.2. The van der Waals surface area contributed by atoms with Crippen LogP contribution in [0.25, 0.3) is 27.9 Å². The van der Waals surface area contributed by atoms with Gasteiger partial charge in [-0.2, -0.15) is 0 Å². The zero-order chi connectivity index (χ0) is 13.5. The van der Waals surface area contributed by atoms with Gasteiger partial charge in [0.15, 0.2) is 11.5 Å². The molecular weight excluding hydrogens is 252 g/mol. The largest absolute Gasteiger partial charge is 0.333 e. The first kappa shape index (κ1) is 10.9. The number of rotatable bonds is 1. The van der Waals surface area contributed by atoms with Gasteiger partial charge in [-0.05, 0) is 12.1 Å². The van der Waals surface area contributed by atoms with Gasteiger partial charge in [0, 0.05) is 10.9 Å². The zero-order valence-electron chi connectivity index (χ0n) is 10.4. The van der Waals surface area contributed by atoms with Crippen LogP contribution < -0.4 is 5.69 Å². The number of para-hydroxylation sites is 1. The average molecular weight is 262 g/mol. The highest BCUT2D eigenvalue weighted by atomic mass is 16.1. The van der Waals surface area contributed by atoms with E-state index >= 15 is 0 Å². The fraction of sp³-hybridized carbons (Fsp3) is 0. The predicted molar refractivity (Wildman–Crippen MR) is 76.5 cm³/mol. The molecule has 1 N–H and O–H groups in total. The van der Waals surface area contributed by atoms with Crippen LogP contribution in [0.4, 0.5) is 0 Å². The molecule has 0 aliphatic carbocycles. The van der Waals surface area contributed by atoms with E-state index in [1.807, 2.05) is 54.6 Å². The smallest absolute Gasteiger partial charge is 0.306 e. The van der Waals surface area contributed by atoms with Crippen molar-refractivity contribution in [2.75, 3.05) is 0 Å². The van der Waals surface area contributed by atoms with Crippen LogP contribution in [-0.4, -0.2) is 19.6 Å². The van der Waals surface area contributed by atoms with E-state index in [1.54, 1.807) is 0 Å². The molecule has 0 saturated carbocycles. The van der Waals surface area contributed by atoms with Crippen molar-refractivity contribution in [2.45, 2.75) is 0 Å². The molecule has 0 bridgehead atoms. The molecule has 4 rings (SSSR count). The number of nitrogens with zero attached hydrogens (tertiary/aromatic N) is 3. The minimum absolute atomic E-state index is 0.234. The summed E-state index contributed by atoms with van der Waals surface area (Å²) in [6.45, 7) is 0. The summed E-state index contributed by atoms with van der Waals surface area (Å²) in [6, 6.07) is 17.1. The lowest BCUT2D eigenvalue weighted by molar-refractivity contribution is 1.03. The predicted octanol–water partition coefficient (Wildman–Crippen LogP) is 2.24. The van der Waals surface area contributed by atoms with Crippen LogP contribution in [0.5, 0.6) is 0 Å². The van der Waals surface area contributed by atoms with Crippen molar-refractivity contribution in [1.82, 2.24) is 19.6 Å². The van der Waals surface area contributed by atoms with E-state index in [-0.39, 0.29) is 5.69 Å². The maximum Gasteiger partial charge on any atom is 0.333 e. The molecule has 0 saturated heterocycles. The van der Waals surface area contributed by atoms with Crippen LogP contribution in [0.1, 0.15) is 0 Å². The Balaban J connectivity index is 2.16. The maximum absolute atomic E-state index is 12.3. The van der Waals surface area contributed by atoms with E-state index in [4.69, 9.17) is 0 Å². The number of aromatic nitrogens is 4. The van der Waals surface area contributed by atoms with Crippen molar-refractivity contribution in [1.29, 1.82) is 0 Å². The highest BCUT2D eigenvalue weighted by Gasteiger charge is 2.13. The van der Waals surface area contributed by atoms with Gasteiger partial charge in [0.1, 0.15) is 0 Å². The van der Waals surface area contributed by atoms with E-state index in [1.165, 1.54) is 4.40 Å². The Morgan fingerprint density at radius 1 is 0.900 bits per heavy atom. The second-order valence-corrected chi connectivity index (χ2v) is 4.52. The summed E-state index contributed by atoms with van der Waals surface area (Å²) in [5.74, 6) is 0.549. The maximum atomic E-state index is 12.3. The molecule has 0 aliphatic rings. The number of benzene rings is 2. The monoisotopic (exact) mass is 262 g/mol. The fourth-order valence-electron chi connectivity index (χ4n) is 2.38. The van der Waals surface area contributed by atoms with Gasteiger partial charge in [-0.3, -0.25) is 0 Å². The second-order valence-electron chi connectivity index (χ2n) is 4.52. The minimum Gasteiger partial charge on any atom is -0.306 e. The molecule has 5 nitrogen and oxygen atoms in total. The van der Waals surface area contributed by atoms with Crippen LogP contribution in [0, 0.1) is 0 Å². The summed E-state index contributed by atoms with van der Waals surface area (Å²) in [7, 11) is 0. The van der Waals surface area contributed by atoms with Gasteiger partial charge >= 0.3 is 5.69 Å². The van der Waals surface area contributed by atoms with E-state index in [2.05, 4.69) is 15.2 Å². The van der Waals surface area contributed by atoms with Crippen molar-refractivity contribution in [3.8, 4) is 11.4 Å². The quantitative estimate of drug-likeness (QED) is 0.572. The number of aromatic amines is 1. The molecule has 0 radical (unpaired) electrons. The van der Waals surface area contributed by atoms with Crippen LogP contribution in [0.3, 0.4) is 0 Å². The van der Waals surface area contributed by atoms with E-state index in [0.29, 0.717) is 11.5 Å². The Hall–Kier alpha value is -2.95. The van der Waals surface area contributed by atoms with Gasteiger partial charge in [-0.1, -0.05) is 42.5 Å². The molecule has 0 atom stereocenters. The summed E-state index contributed by atoms with van der Waals surface area (Å²) in [5, 5.41) is 9.22. The highest BCUT2D eigenvalue weighted by Crippen LogP contribution is 2.20. The van der Waals surface area contributed by atoms with E-state index in [9.17, 15) is 4.79 Å². The Kier molecular flexibility index (Phi) is 2.20. The number of hydrogen-bond acceptors (Lipinski definition) is 3. The highest BCUT2D eigenvalue weighted by molar-refractivity contribution is 5.91. The molecule has 5 heteroatoms. The summed E-state index contributed by atoms with van der Waals surface area (Å²) < 4.78 is 1.51. The van der Waals surface area contributed by atoms with E-state index in [0.717, 1.165) is 16.5 Å². The Morgan fingerprint density at radius 2 is 1.65 bits per heavy atom. The third kappa shape index (κ3) is 1.46. The molecule has 96 valence electrons. The van der Waals surface area contributed by atoms with Gasteiger partial charge in [0.2, 0.25) is 0 Å². The summed E-state index contributed by atoms with van der Waals surface area (Å²) in [5.41, 5.74) is 1.96. The SMILES string of the molecule is O=c1[nH]c2ccccc2c2nnc(-c3ccccc3)n12. The van der Waals surface area contributed by atoms with Gasteiger partial charge < -0.3 is 4.98 Å². The van der Waals surface area contributed by atoms with E-state index < -0.39 is 0 Å². The normalized spacial score (nSPS) is 11.2. The third-order valence-electron chi connectivity index (χ3n) is 3.31. The third-order valence-corrected chi connectivity index (χ3v) is 3.31. The molecule has 2 heterocycles. The molecular formula is C15H10N4O. The summed E-state index contributed by atoms with van der Waals surface area (Å²) >= 11 is 0. The second kappa shape index (κ2) is 4.03. The van der Waals surface area contributed by atoms with Crippen molar-refractivity contribution in [3.63, 3.8) is 0 Å². The lowest BCUT2D eigenvalue weighted by Gasteiger charge is -2.01. The molecule has 0 aliphatic heterocycles. The molecule has 4 aromatic rings. The van der Waals surface area contributed by atoms with Crippen molar-refractivity contribution in [3.05, 3.63) is 65.1 Å². The van der Waals surface area contributed by atoms with Crippen LogP contribution in [0.2, 0.25) is 0 Å². The molecule has 0 amide bonds. The number of hydrogen-bond donors (Lipinski definition) is 1. The number of H-pyrrole nitrogens is 1. The molecule has 20 heavy (non-hydrogen) atoms. The Bertz CT molecular complexity index is 969. The molecule has 0 unspecified atom stereocenters. The lowest BCUT2D eigenvalue weighted by Crippen LogP contribution is -2.17. The van der Waals surface area contributed by atoms with Gasteiger partial charge in [-0.25, -0.2) is 9.20 Å².